The molecule has 0 saturated carbocycles. The van der Waals surface area contributed by atoms with Crippen molar-refractivity contribution in [2.45, 2.75) is 33.2 Å². The van der Waals surface area contributed by atoms with Crippen LogP contribution in [0, 0.1) is 12.8 Å². The van der Waals surface area contributed by atoms with Crippen molar-refractivity contribution < 1.29 is 19.0 Å². The zero-order valence-electron chi connectivity index (χ0n) is 21.1. The fourth-order valence-electron chi connectivity index (χ4n) is 4.62. The molecule has 1 aliphatic heterocycles. The van der Waals surface area contributed by atoms with Crippen LogP contribution in [0.4, 0.5) is 5.82 Å². The van der Waals surface area contributed by atoms with Gasteiger partial charge >= 0.3 is 5.97 Å². The number of thiophene rings is 1. The Morgan fingerprint density at radius 3 is 2.81 bits per heavy atom. The fourth-order valence-corrected chi connectivity index (χ4v) is 5.65. The van der Waals surface area contributed by atoms with E-state index in [1.807, 2.05) is 36.1 Å². The minimum atomic E-state index is -0.256. The first-order valence-corrected chi connectivity index (χ1v) is 13.2. The van der Waals surface area contributed by atoms with Crippen LogP contribution in [0.3, 0.4) is 0 Å². The third kappa shape index (κ3) is 5.20. The van der Waals surface area contributed by atoms with E-state index in [-0.39, 0.29) is 24.3 Å². The van der Waals surface area contributed by atoms with Gasteiger partial charge in [-0.2, -0.15) is 0 Å². The quantitative estimate of drug-likeness (QED) is 0.324. The Labute approximate surface area is 219 Å². The number of aromatic nitrogens is 3. The highest BCUT2D eigenvalue weighted by molar-refractivity contribution is 7.22. The molecule has 4 heterocycles. The van der Waals surface area contributed by atoms with Crippen LogP contribution in [0.2, 0.25) is 0 Å². The van der Waals surface area contributed by atoms with Crippen LogP contribution in [0.1, 0.15) is 41.5 Å². The van der Waals surface area contributed by atoms with Crippen LogP contribution in [0.15, 0.2) is 47.1 Å². The molecule has 0 bridgehead atoms. The average Bonchev–Trinajstić information content (AvgIpc) is 3.54. The van der Waals surface area contributed by atoms with Gasteiger partial charge in [-0.15, -0.1) is 11.3 Å². The Kier molecular flexibility index (Phi) is 7.18. The molecule has 3 aromatic heterocycles. The Morgan fingerprint density at radius 2 is 2.05 bits per heavy atom. The molecule has 1 unspecified atom stereocenters. The molecule has 1 aliphatic rings. The summed E-state index contributed by atoms with van der Waals surface area (Å²) >= 11 is 1.67. The van der Waals surface area contributed by atoms with E-state index in [9.17, 15) is 9.59 Å². The lowest BCUT2D eigenvalue weighted by Gasteiger charge is -2.34. The van der Waals surface area contributed by atoms with E-state index >= 15 is 0 Å². The van der Waals surface area contributed by atoms with Gasteiger partial charge in [-0.3, -0.25) is 9.59 Å². The van der Waals surface area contributed by atoms with Gasteiger partial charge in [0.25, 0.3) is 5.91 Å². The summed E-state index contributed by atoms with van der Waals surface area (Å²) in [4.78, 5) is 35.8. The number of ether oxygens (including phenoxy) is 1. The molecule has 1 fully saturated rings. The van der Waals surface area contributed by atoms with Crippen LogP contribution < -0.4 is 4.90 Å². The number of pyridine rings is 1. The lowest BCUT2D eigenvalue weighted by atomic mass is 9.97. The minimum absolute atomic E-state index is 0.189. The molecule has 5 rings (SSSR count). The highest BCUT2D eigenvalue weighted by atomic mass is 32.1. The van der Waals surface area contributed by atoms with Gasteiger partial charge in [0.05, 0.1) is 35.2 Å². The molecule has 0 spiro atoms. The summed E-state index contributed by atoms with van der Waals surface area (Å²) in [7, 11) is 1.72. The maximum atomic E-state index is 13.6. The van der Waals surface area contributed by atoms with Crippen molar-refractivity contribution in [2.75, 3.05) is 31.6 Å². The number of aryl methyl sites for hydroxylation is 1. The topological polar surface area (TPSA) is 102 Å². The van der Waals surface area contributed by atoms with Gasteiger partial charge in [-0.05, 0) is 56.3 Å². The number of esters is 1. The minimum Gasteiger partial charge on any atom is -0.466 e. The van der Waals surface area contributed by atoms with E-state index in [4.69, 9.17) is 14.3 Å². The van der Waals surface area contributed by atoms with Crippen LogP contribution in [-0.2, 0) is 16.1 Å². The van der Waals surface area contributed by atoms with E-state index < -0.39 is 0 Å². The summed E-state index contributed by atoms with van der Waals surface area (Å²) < 4.78 is 11.3. The maximum Gasteiger partial charge on any atom is 0.310 e. The Bertz CT molecular complexity index is 1400. The fraction of sp³-hybridized carbons (Fsp3) is 0.370. The molecular weight excluding hydrogens is 490 g/mol. The van der Waals surface area contributed by atoms with Crippen molar-refractivity contribution in [1.29, 1.82) is 0 Å². The first-order valence-electron chi connectivity index (χ1n) is 12.4. The SMILES string of the molecule is CCOC(=O)C1CCCN(c2nc(-c3cc4ccccc4s3)ccc2C(=O)N(C)Cc2nonc2C)C1. The number of carbonyl (C=O) groups excluding carboxylic acids is 2. The van der Waals surface area contributed by atoms with Crippen molar-refractivity contribution in [2.24, 2.45) is 5.92 Å². The summed E-state index contributed by atoms with van der Waals surface area (Å²) in [6.07, 6.45) is 1.57. The number of rotatable bonds is 7. The molecule has 0 aliphatic carbocycles. The number of benzene rings is 1. The molecule has 10 heteroatoms. The monoisotopic (exact) mass is 519 g/mol. The number of nitrogens with zero attached hydrogens (tertiary/aromatic N) is 5. The molecule has 192 valence electrons. The number of fused-ring (bicyclic) bond motifs is 1. The zero-order valence-corrected chi connectivity index (χ0v) is 22.0. The predicted molar refractivity (Wildman–Crippen MR) is 141 cm³/mol. The number of hydrogen-bond acceptors (Lipinski definition) is 9. The molecule has 0 radical (unpaired) electrons. The molecule has 1 atom stereocenters. The highest BCUT2D eigenvalue weighted by Crippen LogP contribution is 2.35. The first-order chi connectivity index (χ1) is 17.9. The molecule has 1 aromatic carbocycles. The molecule has 1 saturated heterocycles. The summed E-state index contributed by atoms with van der Waals surface area (Å²) in [5.74, 6) is -0.0678. The molecule has 1 amide bonds. The van der Waals surface area contributed by atoms with Crippen molar-refractivity contribution in [1.82, 2.24) is 20.2 Å². The van der Waals surface area contributed by atoms with Crippen LogP contribution >= 0.6 is 11.3 Å². The number of hydrogen-bond donors (Lipinski definition) is 0. The lowest BCUT2D eigenvalue weighted by molar-refractivity contribution is -0.148. The lowest BCUT2D eigenvalue weighted by Crippen LogP contribution is -2.41. The van der Waals surface area contributed by atoms with E-state index in [1.165, 1.54) is 4.70 Å². The third-order valence-electron chi connectivity index (χ3n) is 6.60. The molecule has 0 N–H and O–H groups in total. The smallest absolute Gasteiger partial charge is 0.310 e. The van der Waals surface area contributed by atoms with Gasteiger partial charge in [0.15, 0.2) is 0 Å². The normalized spacial score (nSPS) is 15.6. The van der Waals surface area contributed by atoms with Crippen LogP contribution in [0.25, 0.3) is 20.7 Å². The Balaban J connectivity index is 1.51. The van der Waals surface area contributed by atoms with Crippen LogP contribution in [0.5, 0.6) is 0 Å². The van der Waals surface area contributed by atoms with E-state index in [1.54, 1.807) is 30.2 Å². The predicted octanol–water partition coefficient (Wildman–Crippen LogP) is 4.71. The third-order valence-corrected chi connectivity index (χ3v) is 7.74. The van der Waals surface area contributed by atoms with Gasteiger partial charge in [0, 0.05) is 24.8 Å². The number of anilines is 1. The maximum absolute atomic E-state index is 13.6. The van der Waals surface area contributed by atoms with Gasteiger partial charge in [0.2, 0.25) is 0 Å². The number of carbonyl (C=O) groups is 2. The molecular formula is C27H29N5O4S. The summed E-state index contributed by atoms with van der Waals surface area (Å²) in [6, 6.07) is 14.1. The number of piperidine rings is 1. The first kappa shape index (κ1) is 24.9. The molecule has 4 aromatic rings. The highest BCUT2D eigenvalue weighted by Gasteiger charge is 2.31. The Hall–Kier alpha value is -3.79. The van der Waals surface area contributed by atoms with Crippen molar-refractivity contribution >= 4 is 39.1 Å². The summed E-state index contributed by atoms with van der Waals surface area (Å²) in [5, 5.41) is 8.87. The molecule has 9 nitrogen and oxygen atoms in total. The second-order valence-corrected chi connectivity index (χ2v) is 10.3. The van der Waals surface area contributed by atoms with E-state index in [0.717, 1.165) is 28.8 Å². The van der Waals surface area contributed by atoms with Crippen LogP contribution in [-0.4, -0.2) is 58.8 Å². The Morgan fingerprint density at radius 1 is 1.22 bits per heavy atom. The van der Waals surface area contributed by atoms with Crippen molar-refractivity contribution in [3.05, 3.63) is 59.4 Å². The van der Waals surface area contributed by atoms with E-state index in [0.29, 0.717) is 42.5 Å². The average molecular weight is 520 g/mol. The van der Waals surface area contributed by atoms with Crippen molar-refractivity contribution in [3.8, 4) is 10.6 Å². The van der Waals surface area contributed by atoms with Gasteiger partial charge in [-0.25, -0.2) is 9.61 Å². The largest absolute Gasteiger partial charge is 0.466 e. The summed E-state index contributed by atoms with van der Waals surface area (Å²) in [6.45, 7) is 5.37. The summed E-state index contributed by atoms with van der Waals surface area (Å²) in [5.41, 5.74) is 2.52. The number of amides is 1. The second kappa shape index (κ2) is 10.7. The zero-order chi connectivity index (χ0) is 25.9. The van der Waals surface area contributed by atoms with Gasteiger partial charge in [0.1, 0.15) is 17.2 Å². The standard InChI is InChI=1S/C27H29N5O4S/c1-4-35-27(34)19-9-7-13-32(15-19)25-20(26(33)31(3)16-22-17(2)29-36-30-22)11-12-21(28-25)24-14-18-8-5-6-10-23(18)37-24/h5-6,8,10-12,14,19H,4,7,9,13,15-16H2,1-3H3. The van der Waals surface area contributed by atoms with Gasteiger partial charge < -0.3 is 14.5 Å². The second-order valence-electron chi connectivity index (χ2n) is 9.21. The van der Waals surface area contributed by atoms with Crippen molar-refractivity contribution in [3.63, 3.8) is 0 Å². The van der Waals surface area contributed by atoms with E-state index in [2.05, 4.69) is 28.5 Å². The van der Waals surface area contributed by atoms with Gasteiger partial charge in [-0.1, -0.05) is 28.5 Å². The molecule has 37 heavy (non-hydrogen) atoms.